The third kappa shape index (κ3) is 4.13. The molecule has 1 amide bonds. The van der Waals surface area contributed by atoms with Crippen molar-refractivity contribution in [2.45, 2.75) is 25.7 Å². The molecule has 0 aliphatic carbocycles. The van der Waals surface area contributed by atoms with E-state index in [2.05, 4.69) is 0 Å². The van der Waals surface area contributed by atoms with E-state index in [-0.39, 0.29) is 23.8 Å². The molecule has 0 unspecified atom stereocenters. The second-order valence-electron chi connectivity index (χ2n) is 5.25. The zero-order chi connectivity index (χ0) is 15.9. The van der Waals surface area contributed by atoms with Crippen LogP contribution >= 0.6 is 0 Å². The quantitative estimate of drug-likeness (QED) is 0.861. The highest BCUT2D eigenvalue weighted by atomic mass is 16.5. The number of rotatable bonds is 4. The van der Waals surface area contributed by atoms with Gasteiger partial charge >= 0.3 is 5.97 Å². The van der Waals surface area contributed by atoms with E-state index in [9.17, 15) is 14.7 Å². The molecule has 22 heavy (non-hydrogen) atoms. The molecule has 1 aromatic rings. The van der Waals surface area contributed by atoms with Crippen molar-refractivity contribution >= 4 is 11.9 Å². The highest BCUT2D eigenvalue weighted by Gasteiger charge is 2.19. The third-order valence-corrected chi connectivity index (χ3v) is 3.71. The molecule has 1 fully saturated rings. The first-order valence-electron chi connectivity index (χ1n) is 7.43. The summed E-state index contributed by atoms with van der Waals surface area (Å²) >= 11 is 0. The molecule has 1 aliphatic heterocycles. The summed E-state index contributed by atoms with van der Waals surface area (Å²) in [5.41, 5.74) is -0.0111. The van der Waals surface area contributed by atoms with Crippen molar-refractivity contribution in [1.82, 2.24) is 4.90 Å². The van der Waals surface area contributed by atoms with E-state index in [0.717, 1.165) is 25.7 Å². The van der Waals surface area contributed by atoms with Gasteiger partial charge in [0.05, 0.1) is 7.11 Å². The number of carbonyl (C=O) groups excluding carboxylic acids is 2. The number of aromatic hydroxyl groups is 1. The van der Waals surface area contributed by atoms with E-state index in [4.69, 9.17) is 9.47 Å². The van der Waals surface area contributed by atoms with Crippen LogP contribution in [0.15, 0.2) is 18.2 Å². The molecule has 0 bridgehead atoms. The lowest BCUT2D eigenvalue weighted by molar-refractivity contribution is -0.134. The maximum atomic E-state index is 12.1. The number of phenolic OH excluding ortho intramolecular Hbond substituents is 1. The minimum atomic E-state index is -0.737. The zero-order valence-corrected chi connectivity index (χ0v) is 12.7. The topological polar surface area (TPSA) is 76.1 Å². The van der Waals surface area contributed by atoms with E-state index < -0.39 is 5.97 Å². The van der Waals surface area contributed by atoms with E-state index in [0.29, 0.717) is 18.8 Å². The van der Waals surface area contributed by atoms with Gasteiger partial charge in [0.15, 0.2) is 6.61 Å². The molecule has 1 saturated heterocycles. The number of esters is 1. The number of benzene rings is 1. The number of amides is 1. The molecular weight excluding hydrogens is 286 g/mol. The van der Waals surface area contributed by atoms with Crippen LogP contribution in [0.1, 0.15) is 36.0 Å². The lowest BCUT2D eigenvalue weighted by Crippen LogP contribution is -2.35. The fraction of sp³-hybridized carbons (Fsp3) is 0.500. The van der Waals surface area contributed by atoms with Crippen LogP contribution in [0.25, 0.3) is 0 Å². The van der Waals surface area contributed by atoms with Gasteiger partial charge in [0.25, 0.3) is 5.91 Å². The summed E-state index contributed by atoms with van der Waals surface area (Å²) in [7, 11) is 1.46. The SMILES string of the molecule is COc1ccc(O)c(C(=O)OCC(=O)N2CCCCCC2)c1. The predicted molar refractivity (Wildman–Crippen MR) is 80.0 cm³/mol. The summed E-state index contributed by atoms with van der Waals surface area (Å²) in [6.07, 6.45) is 4.22. The first kappa shape index (κ1) is 16.1. The van der Waals surface area contributed by atoms with Crippen molar-refractivity contribution in [1.29, 1.82) is 0 Å². The largest absolute Gasteiger partial charge is 0.507 e. The second kappa shape index (κ2) is 7.68. The van der Waals surface area contributed by atoms with Crippen LogP contribution in [0.4, 0.5) is 0 Å². The minimum Gasteiger partial charge on any atom is -0.507 e. The van der Waals surface area contributed by atoms with E-state index in [1.54, 1.807) is 4.90 Å². The standard InChI is InChI=1S/C16H21NO5/c1-21-12-6-7-14(18)13(10-12)16(20)22-11-15(19)17-8-4-2-3-5-9-17/h6-7,10,18H,2-5,8-9,11H2,1H3. The van der Waals surface area contributed by atoms with Gasteiger partial charge < -0.3 is 19.5 Å². The molecule has 6 nitrogen and oxygen atoms in total. The van der Waals surface area contributed by atoms with Gasteiger partial charge in [-0.3, -0.25) is 4.79 Å². The molecule has 1 heterocycles. The number of hydrogen-bond acceptors (Lipinski definition) is 5. The number of nitrogens with zero attached hydrogens (tertiary/aromatic N) is 1. The van der Waals surface area contributed by atoms with Gasteiger partial charge in [-0.2, -0.15) is 0 Å². The number of hydrogen-bond donors (Lipinski definition) is 1. The number of likely N-dealkylation sites (tertiary alicyclic amines) is 1. The normalized spacial score (nSPS) is 15.0. The molecular formula is C16H21NO5. The second-order valence-corrected chi connectivity index (χ2v) is 5.25. The van der Waals surface area contributed by atoms with Crippen molar-refractivity contribution in [3.8, 4) is 11.5 Å². The van der Waals surface area contributed by atoms with Crippen molar-refractivity contribution in [3.05, 3.63) is 23.8 Å². The summed E-state index contributed by atoms with van der Waals surface area (Å²) in [4.78, 5) is 25.8. The Kier molecular flexibility index (Phi) is 5.63. The molecule has 0 aromatic heterocycles. The predicted octanol–water partition coefficient (Wildman–Crippen LogP) is 1.96. The molecule has 6 heteroatoms. The molecule has 2 rings (SSSR count). The van der Waals surface area contributed by atoms with Crippen LogP contribution in [0.5, 0.6) is 11.5 Å². The van der Waals surface area contributed by atoms with Gasteiger partial charge in [-0.1, -0.05) is 12.8 Å². The number of methoxy groups -OCH3 is 1. The maximum absolute atomic E-state index is 12.1. The highest BCUT2D eigenvalue weighted by molar-refractivity contribution is 5.94. The van der Waals surface area contributed by atoms with Gasteiger partial charge in [-0.05, 0) is 31.0 Å². The van der Waals surface area contributed by atoms with Gasteiger partial charge in [0.1, 0.15) is 17.1 Å². The molecule has 0 saturated carbocycles. The van der Waals surface area contributed by atoms with Gasteiger partial charge in [0.2, 0.25) is 0 Å². The van der Waals surface area contributed by atoms with E-state index in [1.807, 2.05) is 0 Å². The Labute approximate surface area is 129 Å². The van der Waals surface area contributed by atoms with Gasteiger partial charge in [-0.15, -0.1) is 0 Å². The summed E-state index contributed by atoms with van der Waals surface area (Å²) in [6, 6.07) is 4.27. The van der Waals surface area contributed by atoms with Crippen molar-refractivity contribution in [2.75, 3.05) is 26.8 Å². The van der Waals surface area contributed by atoms with Crippen LogP contribution in [-0.4, -0.2) is 48.7 Å². The Morgan fingerprint density at radius 1 is 1.18 bits per heavy atom. The van der Waals surface area contributed by atoms with E-state index >= 15 is 0 Å². The monoisotopic (exact) mass is 307 g/mol. The molecule has 1 aromatic carbocycles. The zero-order valence-electron chi connectivity index (χ0n) is 12.7. The lowest BCUT2D eigenvalue weighted by atomic mass is 10.2. The summed E-state index contributed by atoms with van der Waals surface area (Å²) < 4.78 is 10.0. The molecule has 0 radical (unpaired) electrons. The van der Waals surface area contributed by atoms with E-state index in [1.165, 1.54) is 25.3 Å². The highest BCUT2D eigenvalue weighted by Crippen LogP contribution is 2.23. The Hall–Kier alpha value is -2.24. The Bertz CT molecular complexity index is 535. The van der Waals surface area contributed by atoms with Crippen LogP contribution < -0.4 is 4.74 Å². The molecule has 1 N–H and O–H groups in total. The van der Waals surface area contributed by atoms with Crippen LogP contribution in [0.2, 0.25) is 0 Å². The Morgan fingerprint density at radius 3 is 2.50 bits per heavy atom. The average Bonchev–Trinajstić information content (AvgIpc) is 2.82. The Balaban J connectivity index is 1.93. The fourth-order valence-electron chi connectivity index (χ4n) is 2.42. The van der Waals surface area contributed by atoms with Crippen LogP contribution in [-0.2, 0) is 9.53 Å². The van der Waals surface area contributed by atoms with Crippen LogP contribution in [0.3, 0.4) is 0 Å². The first-order chi connectivity index (χ1) is 10.6. The third-order valence-electron chi connectivity index (χ3n) is 3.71. The van der Waals surface area contributed by atoms with Crippen molar-refractivity contribution < 1.29 is 24.2 Å². The molecule has 0 atom stereocenters. The van der Waals surface area contributed by atoms with Crippen molar-refractivity contribution in [3.63, 3.8) is 0 Å². The lowest BCUT2D eigenvalue weighted by Gasteiger charge is -2.20. The summed E-state index contributed by atoms with van der Waals surface area (Å²) in [5, 5.41) is 9.70. The molecule has 1 aliphatic rings. The molecule has 120 valence electrons. The van der Waals surface area contributed by atoms with Gasteiger partial charge in [-0.25, -0.2) is 4.79 Å². The van der Waals surface area contributed by atoms with Crippen LogP contribution in [0, 0.1) is 0 Å². The van der Waals surface area contributed by atoms with Crippen molar-refractivity contribution in [2.24, 2.45) is 0 Å². The number of ether oxygens (including phenoxy) is 2. The summed E-state index contributed by atoms with van der Waals surface area (Å²) in [5.74, 6) is -0.700. The minimum absolute atomic E-state index is 0.0111. The number of phenols is 1. The summed E-state index contributed by atoms with van der Waals surface area (Å²) in [6.45, 7) is 1.11. The Morgan fingerprint density at radius 2 is 1.86 bits per heavy atom. The average molecular weight is 307 g/mol. The molecule has 0 spiro atoms. The fourth-order valence-corrected chi connectivity index (χ4v) is 2.42. The smallest absolute Gasteiger partial charge is 0.342 e. The number of carbonyl (C=O) groups is 2. The first-order valence-corrected chi connectivity index (χ1v) is 7.43. The van der Waals surface area contributed by atoms with Gasteiger partial charge in [0, 0.05) is 13.1 Å². The maximum Gasteiger partial charge on any atom is 0.342 e.